The Hall–Kier alpha value is -1.75. The molecule has 0 spiro atoms. The molecule has 0 unspecified atom stereocenters. The van der Waals surface area contributed by atoms with Crippen molar-refractivity contribution in [3.8, 4) is 11.5 Å². The molecule has 0 aliphatic heterocycles. The van der Waals surface area contributed by atoms with Crippen molar-refractivity contribution < 1.29 is 9.47 Å². The molecular weight excluding hydrogens is 230 g/mol. The number of hydrogen-bond donors (Lipinski definition) is 2. The number of nitrogens with one attached hydrogen (secondary N) is 1. The van der Waals surface area contributed by atoms with Crippen LogP contribution in [0.4, 0.5) is 0 Å². The standard InChI is InChI=1S/C13H17N3O2/c1-17-10-6-8-9(7-11(10)18-2)16-12(15-8)13(14)4-3-5-13/h6-7H,3-5,14H2,1-2H3,(H,15,16). The molecule has 0 saturated heterocycles. The Kier molecular flexibility index (Phi) is 2.45. The summed E-state index contributed by atoms with van der Waals surface area (Å²) < 4.78 is 10.5. The molecule has 1 heterocycles. The Morgan fingerprint density at radius 1 is 1.22 bits per heavy atom. The first-order valence-corrected chi connectivity index (χ1v) is 6.07. The van der Waals surface area contributed by atoms with E-state index >= 15 is 0 Å². The lowest BCUT2D eigenvalue weighted by Crippen LogP contribution is -2.44. The van der Waals surface area contributed by atoms with Crippen molar-refractivity contribution in [1.29, 1.82) is 0 Å². The van der Waals surface area contributed by atoms with Crippen molar-refractivity contribution in [3.05, 3.63) is 18.0 Å². The van der Waals surface area contributed by atoms with E-state index in [0.29, 0.717) is 11.5 Å². The predicted molar refractivity (Wildman–Crippen MR) is 68.9 cm³/mol. The first-order valence-electron chi connectivity index (χ1n) is 6.07. The third-order valence-corrected chi connectivity index (χ3v) is 3.70. The number of aromatic amines is 1. The first kappa shape index (κ1) is 11.3. The number of hydrogen-bond acceptors (Lipinski definition) is 4. The van der Waals surface area contributed by atoms with Crippen LogP contribution in [-0.2, 0) is 5.54 Å². The van der Waals surface area contributed by atoms with Crippen LogP contribution in [0.15, 0.2) is 12.1 Å². The van der Waals surface area contributed by atoms with Crippen LogP contribution >= 0.6 is 0 Å². The summed E-state index contributed by atoms with van der Waals surface area (Å²) in [5, 5.41) is 0. The summed E-state index contributed by atoms with van der Waals surface area (Å²) >= 11 is 0. The second-order valence-electron chi connectivity index (χ2n) is 4.82. The molecule has 0 bridgehead atoms. The summed E-state index contributed by atoms with van der Waals surface area (Å²) in [5.74, 6) is 2.24. The first-order chi connectivity index (χ1) is 8.66. The van der Waals surface area contributed by atoms with Crippen LogP contribution in [0.2, 0.25) is 0 Å². The largest absolute Gasteiger partial charge is 0.493 e. The van der Waals surface area contributed by atoms with Gasteiger partial charge in [0, 0.05) is 12.1 Å². The summed E-state index contributed by atoms with van der Waals surface area (Å²) in [6.07, 6.45) is 3.14. The summed E-state index contributed by atoms with van der Waals surface area (Å²) in [4.78, 5) is 7.87. The van der Waals surface area contributed by atoms with Crippen LogP contribution in [0.5, 0.6) is 11.5 Å². The van der Waals surface area contributed by atoms with Crippen LogP contribution in [0.1, 0.15) is 25.1 Å². The van der Waals surface area contributed by atoms with Gasteiger partial charge in [0.15, 0.2) is 11.5 Å². The number of aromatic nitrogens is 2. The van der Waals surface area contributed by atoms with Crippen LogP contribution in [0, 0.1) is 0 Å². The Morgan fingerprint density at radius 3 is 2.44 bits per heavy atom. The number of nitrogens with two attached hydrogens (primary N) is 1. The van der Waals surface area contributed by atoms with E-state index in [9.17, 15) is 0 Å². The maximum atomic E-state index is 6.27. The highest BCUT2D eigenvalue weighted by Gasteiger charge is 2.37. The second kappa shape index (κ2) is 3.88. The molecule has 96 valence electrons. The van der Waals surface area contributed by atoms with Gasteiger partial charge in [-0.25, -0.2) is 4.98 Å². The zero-order chi connectivity index (χ0) is 12.8. The number of nitrogens with zero attached hydrogens (tertiary/aromatic N) is 1. The second-order valence-corrected chi connectivity index (χ2v) is 4.82. The molecule has 1 fully saturated rings. The molecule has 5 nitrogen and oxygen atoms in total. The smallest absolute Gasteiger partial charge is 0.163 e. The van der Waals surface area contributed by atoms with Crippen LogP contribution in [0.25, 0.3) is 11.0 Å². The van der Waals surface area contributed by atoms with E-state index in [2.05, 4.69) is 9.97 Å². The highest BCUT2D eigenvalue weighted by Crippen LogP contribution is 2.39. The normalized spacial score (nSPS) is 17.5. The third kappa shape index (κ3) is 1.54. The fraction of sp³-hybridized carbons (Fsp3) is 0.462. The molecule has 18 heavy (non-hydrogen) atoms. The Morgan fingerprint density at radius 2 is 1.89 bits per heavy atom. The Bertz CT molecular complexity index is 546. The van der Waals surface area contributed by atoms with Gasteiger partial charge in [-0.15, -0.1) is 0 Å². The molecule has 1 aliphatic rings. The molecule has 2 aromatic rings. The minimum absolute atomic E-state index is 0.278. The van der Waals surface area contributed by atoms with Gasteiger partial charge in [-0.2, -0.15) is 0 Å². The molecule has 0 radical (unpaired) electrons. The van der Waals surface area contributed by atoms with Crippen molar-refractivity contribution >= 4 is 11.0 Å². The summed E-state index contributed by atoms with van der Waals surface area (Å²) in [6, 6.07) is 3.77. The van der Waals surface area contributed by atoms with Crippen LogP contribution in [0.3, 0.4) is 0 Å². The number of H-pyrrole nitrogens is 1. The fourth-order valence-electron chi connectivity index (χ4n) is 2.37. The van der Waals surface area contributed by atoms with Crippen molar-refractivity contribution in [1.82, 2.24) is 9.97 Å². The van der Waals surface area contributed by atoms with Crippen molar-refractivity contribution in [2.24, 2.45) is 5.73 Å². The number of benzene rings is 1. The molecular formula is C13H17N3O2. The fourth-order valence-corrected chi connectivity index (χ4v) is 2.37. The van der Waals surface area contributed by atoms with Crippen molar-refractivity contribution in [2.75, 3.05) is 14.2 Å². The van der Waals surface area contributed by atoms with E-state index in [1.165, 1.54) is 6.42 Å². The zero-order valence-corrected chi connectivity index (χ0v) is 10.6. The molecule has 1 aromatic heterocycles. The lowest BCUT2D eigenvalue weighted by Gasteiger charge is -2.35. The number of imidazole rings is 1. The van der Waals surface area contributed by atoms with E-state index in [0.717, 1.165) is 29.7 Å². The molecule has 3 rings (SSSR count). The van der Waals surface area contributed by atoms with Gasteiger partial charge in [0.05, 0.1) is 30.8 Å². The van der Waals surface area contributed by atoms with E-state index in [1.807, 2.05) is 12.1 Å². The molecule has 0 atom stereocenters. The molecule has 0 amide bonds. The number of rotatable bonds is 3. The topological polar surface area (TPSA) is 73.2 Å². The highest BCUT2D eigenvalue weighted by atomic mass is 16.5. The van der Waals surface area contributed by atoms with E-state index in [4.69, 9.17) is 15.2 Å². The maximum Gasteiger partial charge on any atom is 0.163 e. The number of fused-ring (bicyclic) bond motifs is 1. The minimum Gasteiger partial charge on any atom is -0.493 e. The zero-order valence-electron chi connectivity index (χ0n) is 10.6. The molecule has 3 N–H and O–H groups in total. The number of methoxy groups -OCH3 is 2. The van der Waals surface area contributed by atoms with Gasteiger partial charge in [-0.3, -0.25) is 0 Å². The Labute approximate surface area is 105 Å². The van der Waals surface area contributed by atoms with Crippen molar-refractivity contribution in [3.63, 3.8) is 0 Å². The molecule has 1 aromatic carbocycles. The molecule has 1 saturated carbocycles. The molecule has 1 aliphatic carbocycles. The van der Waals surface area contributed by atoms with E-state index in [-0.39, 0.29) is 5.54 Å². The van der Waals surface area contributed by atoms with Gasteiger partial charge < -0.3 is 20.2 Å². The maximum absolute atomic E-state index is 6.27. The predicted octanol–water partition coefficient (Wildman–Crippen LogP) is 1.92. The van der Waals surface area contributed by atoms with Crippen molar-refractivity contribution in [2.45, 2.75) is 24.8 Å². The van der Waals surface area contributed by atoms with Crippen LogP contribution < -0.4 is 15.2 Å². The monoisotopic (exact) mass is 247 g/mol. The van der Waals surface area contributed by atoms with Gasteiger partial charge in [0.1, 0.15) is 5.82 Å². The van der Waals surface area contributed by atoms with E-state index in [1.54, 1.807) is 14.2 Å². The average molecular weight is 247 g/mol. The van der Waals surface area contributed by atoms with Gasteiger partial charge in [-0.1, -0.05) is 0 Å². The van der Waals surface area contributed by atoms with Crippen LogP contribution in [-0.4, -0.2) is 24.2 Å². The van der Waals surface area contributed by atoms with E-state index < -0.39 is 0 Å². The quantitative estimate of drug-likeness (QED) is 0.869. The number of ether oxygens (including phenoxy) is 2. The molecule has 5 heteroatoms. The van der Waals surface area contributed by atoms with Gasteiger partial charge in [-0.05, 0) is 19.3 Å². The van der Waals surface area contributed by atoms with Gasteiger partial charge in [0.2, 0.25) is 0 Å². The lowest BCUT2D eigenvalue weighted by atomic mass is 9.77. The summed E-state index contributed by atoms with van der Waals surface area (Å²) in [6.45, 7) is 0. The SMILES string of the molecule is COc1cc2nc(C3(N)CCC3)[nH]c2cc1OC. The minimum atomic E-state index is -0.278. The lowest BCUT2D eigenvalue weighted by molar-refractivity contribution is 0.240. The van der Waals surface area contributed by atoms with Gasteiger partial charge >= 0.3 is 0 Å². The summed E-state index contributed by atoms with van der Waals surface area (Å²) in [5.41, 5.74) is 7.79. The third-order valence-electron chi connectivity index (χ3n) is 3.70. The highest BCUT2D eigenvalue weighted by molar-refractivity contribution is 5.80. The van der Waals surface area contributed by atoms with Gasteiger partial charge in [0.25, 0.3) is 0 Å². The Balaban J connectivity index is 2.11. The summed E-state index contributed by atoms with van der Waals surface area (Å²) in [7, 11) is 3.24. The average Bonchev–Trinajstić information content (AvgIpc) is 2.76.